The Kier molecular flexibility index (Phi) is 6.83. The zero-order valence-corrected chi connectivity index (χ0v) is 13.8. The highest BCUT2D eigenvalue weighted by Gasteiger charge is 2.38. The van der Waals surface area contributed by atoms with Crippen molar-refractivity contribution in [2.75, 3.05) is 14.2 Å². The van der Waals surface area contributed by atoms with Gasteiger partial charge in [0, 0.05) is 16.1 Å². The number of benzene rings is 1. The molecule has 0 spiro atoms. The average molecular weight is 353 g/mol. The Hall–Kier alpha value is -0.780. The minimum absolute atomic E-state index is 0. The van der Waals surface area contributed by atoms with E-state index in [9.17, 15) is 4.79 Å². The molecule has 0 bridgehead atoms. The van der Waals surface area contributed by atoms with Crippen molar-refractivity contribution < 1.29 is 14.3 Å². The third-order valence-electron chi connectivity index (χ3n) is 3.02. The molecule has 4 nitrogen and oxygen atoms in total. The maximum Gasteiger partial charge on any atom is 0.313 e. The van der Waals surface area contributed by atoms with Crippen LogP contribution in [0, 0.1) is 5.41 Å². The van der Waals surface area contributed by atoms with Crippen LogP contribution in [0.25, 0.3) is 0 Å². The summed E-state index contributed by atoms with van der Waals surface area (Å²) in [6.07, 6.45) is 0. The molecule has 0 saturated carbocycles. The molecule has 1 aromatic carbocycles. The van der Waals surface area contributed by atoms with E-state index in [1.807, 2.05) is 18.2 Å². The number of carbonyl (C=O) groups is 1. The fourth-order valence-corrected chi connectivity index (χ4v) is 2.11. The summed E-state index contributed by atoms with van der Waals surface area (Å²) in [4.78, 5) is 11.8. The van der Waals surface area contributed by atoms with Crippen molar-refractivity contribution in [3.63, 3.8) is 0 Å². The molecule has 1 rings (SSSR count). The summed E-state index contributed by atoms with van der Waals surface area (Å²) in [5.74, 6) is 0.305. The molecule has 0 unspecified atom stereocenters. The molecule has 0 fully saturated rings. The van der Waals surface area contributed by atoms with Gasteiger partial charge in [-0.1, -0.05) is 15.9 Å². The summed E-state index contributed by atoms with van der Waals surface area (Å²) < 4.78 is 11.0. The topological polar surface area (TPSA) is 61.5 Å². The van der Waals surface area contributed by atoms with Crippen molar-refractivity contribution in [2.24, 2.45) is 11.1 Å². The number of hydrogen-bond donors (Lipinski definition) is 1. The first kappa shape index (κ1) is 18.2. The van der Waals surface area contributed by atoms with Crippen molar-refractivity contribution >= 4 is 34.3 Å². The summed E-state index contributed by atoms with van der Waals surface area (Å²) in [7, 11) is 2.93. The lowest BCUT2D eigenvalue weighted by Gasteiger charge is -2.30. The standard InChI is InChI=1S/C13H18BrNO3.ClH/c1-13(2,12(16)18-4)11(15)9-7-8(14)5-6-10(9)17-3;/h5-7,11H,15H2,1-4H3;1H/t11-;/m1./s1. The predicted molar refractivity (Wildman–Crippen MR) is 80.7 cm³/mol. The van der Waals surface area contributed by atoms with Crippen LogP contribution in [0.15, 0.2) is 22.7 Å². The maximum absolute atomic E-state index is 11.8. The van der Waals surface area contributed by atoms with Gasteiger partial charge in [0.05, 0.1) is 19.6 Å². The lowest BCUT2D eigenvalue weighted by atomic mass is 9.80. The van der Waals surface area contributed by atoms with Crippen LogP contribution in [0.1, 0.15) is 25.5 Å². The van der Waals surface area contributed by atoms with Crippen LogP contribution in [-0.2, 0) is 9.53 Å². The number of hydrogen-bond acceptors (Lipinski definition) is 4. The Morgan fingerprint density at radius 2 is 1.95 bits per heavy atom. The molecule has 0 amide bonds. The molecule has 0 radical (unpaired) electrons. The Labute approximate surface area is 128 Å². The number of nitrogens with two attached hydrogens (primary N) is 1. The van der Waals surface area contributed by atoms with E-state index in [2.05, 4.69) is 15.9 Å². The number of esters is 1. The van der Waals surface area contributed by atoms with Gasteiger partial charge in [0.25, 0.3) is 0 Å². The highest BCUT2D eigenvalue weighted by Crippen LogP contribution is 2.38. The molecule has 0 heterocycles. The molecule has 0 aliphatic rings. The van der Waals surface area contributed by atoms with Crippen LogP contribution in [0.2, 0.25) is 0 Å². The van der Waals surface area contributed by atoms with Crippen LogP contribution in [0.3, 0.4) is 0 Å². The largest absolute Gasteiger partial charge is 0.496 e. The third-order valence-corrected chi connectivity index (χ3v) is 3.51. The van der Waals surface area contributed by atoms with Crippen molar-refractivity contribution in [3.8, 4) is 5.75 Å². The van der Waals surface area contributed by atoms with Gasteiger partial charge in [-0.15, -0.1) is 12.4 Å². The fraction of sp³-hybridized carbons (Fsp3) is 0.462. The second-order valence-corrected chi connectivity index (χ2v) is 5.49. The molecule has 0 aromatic heterocycles. The van der Waals surface area contributed by atoms with Crippen LogP contribution in [-0.4, -0.2) is 20.2 Å². The number of ether oxygens (including phenoxy) is 2. The Morgan fingerprint density at radius 3 is 2.42 bits per heavy atom. The minimum Gasteiger partial charge on any atom is -0.496 e. The summed E-state index contributed by atoms with van der Waals surface area (Å²) in [5, 5.41) is 0. The van der Waals surface area contributed by atoms with E-state index >= 15 is 0 Å². The minimum atomic E-state index is -0.831. The van der Waals surface area contributed by atoms with E-state index in [-0.39, 0.29) is 18.4 Å². The molecule has 1 aromatic rings. The molecule has 0 saturated heterocycles. The van der Waals surface area contributed by atoms with Crippen LogP contribution in [0.4, 0.5) is 0 Å². The summed E-state index contributed by atoms with van der Waals surface area (Å²) in [6.45, 7) is 3.51. The van der Waals surface area contributed by atoms with Crippen molar-refractivity contribution in [1.29, 1.82) is 0 Å². The van der Waals surface area contributed by atoms with Gasteiger partial charge < -0.3 is 15.2 Å². The molecule has 2 N–H and O–H groups in total. The zero-order valence-electron chi connectivity index (χ0n) is 11.4. The molecule has 6 heteroatoms. The summed E-state index contributed by atoms with van der Waals surface area (Å²) in [6, 6.07) is 5.01. The Morgan fingerprint density at radius 1 is 1.37 bits per heavy atom. The first-order valence-electron chi connectivity index (χ1n) is 5.52. The lowest BCUT2D eigenvalue weighted by molar-refractivity contribution is -0.152. The first-order chi connectivity index (χ1) is 8.34. The normalized spacial score (nSPS) is 12.3. The van der Waals surface area contributed by atoms with E-state index in [0.717, 1.165) is 10.0 Å². The van der Waals surface area contributed by atoms with Gasteiger partial charge in [-0.05, 0) is 32.0 Å². The first-order valence-corrected chi connectivity index (χ1v) is 6.31. The quantitative estimate of drug-likeness (QED) is 0.846. The molecule has 1 atom stereocenters. The summed E-state index contributed by atoms with van der Waals surface area (Å²) in [5.41, 5.74) is 6.13. The predicted octanol–water partition coefficient (Wildman–Crippen LogP) is 3.08. The highest BCUT2D eigenvalue weighted by atomic mass is 79.9. The van der Waals surface area contributed by atoms with Crippen molar-refractivity contribution in [3.05, 3.63) is 28.2 Å². The number of methoxy groups -OCH3 is 2. The second-order valence-electron chi connectivity index (χ2n) is 4.58. The SMILES string of the molecule is COC(=O)C(C)(C)[C@H](N)c1cc(Br)ccc1OC.Cl. The molecule has 0 aliphatic heterocycles. The fourth-order valence-electron chi connectivity index (χ4n) is 1.73. The maximum atomic E-state index is 11.8. The van der Waals surface area contributed by atoms with Crippen molar-refractivity contribution in [1.82, 2.24) is 0 Å². The smallest absolute Gasteiger partial charge is 0.313 e. The highest BCUT2D eigenvalue weighted by molar-refractivity contribution is 9.10. The Bertz CT molecular complexity index is 452. The van der Waals surface area contributed by atoms with Gasteiger partial charge in [-0.2, -0.15) is 0 Å². The number of rotatable bonds is 4. The van der Waals surface area contributed by atoms with Crippen LogP contribution >= 0.6 is 28.3 Å². The average Bonchev–Trinajstić information content (AvgIpc) is 2.36. The molecular weight excluding hydrogens is 334 g/mol. The van der Waals surface area contributed by atoms with E-state index in [1.165, 1.54) is 7.11 Å². The summed E-state index contributed by atoms with van der Waals surface area (Å²) >= 11 is 3.39. The Balaban J connectivity index is 0.00000324. The van der Waals surface area contributed by atoms with Gasteiger partial charge >= 0.3 is 5.97 Å². The van der Waals surface area contributed by atoms with Crippen LogP contribution < -0.4 is 10.5 Å². The van der Waals surface area contributed by atoms with Gasteiger partial charge in [-0.3, -0.25) is 4.79 Å². The molecule has 0 aliphatic carbocycles. The molecule has 19 heavy (non-hydrogen) atoms. The van der Waals surface area contributed by atoms with E-state index in [4.69, 9.17) is 15.2 Å². The third kappa shape index (κ3) is 3.84. The molecule has 108 valence electrons. The van der Waals surface area contributed by atoms with E-state index < -0.39 is 11.5 Å². The number of halogens is 2. The van der Waals surface area contributed by atoms with Gasteiger partial charge in [-0.25, -0.2) is 0 Å². The lowest BCUT2D eigenvalue weighted by Crippen LogP contribution is -2.37. The van der Waals surface area contributed by atoms with E-state index in [0.29, 0.717) is 5.75 Å². The van der Waals surface area contributed by atoms with Gasteiger partial charge in [0.1, 0.15) is 5.75 Å². The number of carbonyl (C=O) groups excluding carboxylic acids is 1. The monoisotopic (exact) mass is 351 g/mol. The van der Waals surface area contributed by atoms with Crippen molar-refractivity contribution in [2.45, 2.75) is 19.9 Å². The van der Waals surface area contributed by atoms with Gasteiger partial charge in [0.2, 0.25) is 0 Å². The second kappa shape index (κ2) is 7.12. The zero-order chi connectivity index (χ0) is 13.9. The van der Waals surface area contributed by atoms with Crippen LogP contribution in [0.5, 0.6) is 5.75 Å². The molecular formula is C13H19BrClNO3. The van der Waals surface area contributed by atoms with Gasteiger partial charge in [0.15, 0.2) is 0 Å². The van der Waals surface area contributed by atoms with E-state index in [1.54, 1.807) is 21.0 Å².